The molecule has 0 fully saturated rings. The number of carboxylic acid groups (broad SMARTS) is 1. The number of carboxylic acids is 1. The molecule has 0 saturated heterocycles. The quantitative estimate of drug-likeness (QED) is 0.617. The van der Waals surface area contributed by atoms with Crippen molar-refractivity contribution in [3.63, 3.8) is 0 Å². The van der Waals surface area contributed by atoms with Gasteiger partial charge in [0, 0.05) is 5.56 Å². The second-order valence-corrected chi connectivity index (χ2v) is 14.4. The van der Waals surface area contributed by atoms with Crippen molar-refractivity contribution >= 4 is 36.5 Å². The highest BCUT2D eigenvalue weighted by Crippen LogP contribution is 2.29. The van der Waals surface area contributed by atoms with Gasteiger partial charge in [0.15, 0.2) is 5.69 Å². The molecule has 1 heterocycles. The van der Waals surface area contributed by atoms with Crippen molar-refractivity contribution in [2.24, 2.45) is 0 Å². The van der Waals surface area contributed by atoms with Gasteiger partial charge in [0.2, 0.25) is 0 Å². The van der Waals surface area contributed by atoms with Crippen LogP contribution < -0.4 is 5.19 Å². The summed E-state index contributed by atoms with van der Waals surface area (Å²) in [5, 5.41) is 11.3. The zero-order valence-corrected chi connectivity index (χ0v) is 17.9. The molecule has 0 bridgehead atoms. The Kier molecular flexibility index (Phi) is 5.72. The lowest BCUT2D eigenvalue weighted by atomic mass is 10.2. The number of benzene rings is 1. The summed E-state index contributed by atoms with van der Waals surface area (Å²) in [5.74, 6) is -1.58. The summed E-state index contributed by atoms with van der Waals surface area (Å²) in [6, 6.07) is 8.07. The van der Waals surface area contributed by atoms with Gasteiger partial charge in [0.05, 0.1) is 19.4 Å². The van der Waals surface area contributed by atoms with Crippen LogP contribution in [0.4, 0.5) is 0 Å². The third kappa shape index (κ3) is 5.25. The van der Waals surface area contributed by atoms with Gasteiger partial charge in [0.1, 0.15) is 10.6 Å². The van der Waals surface area contributed by atoms with Crippen LogP contribution in [-0.4, -0.2) is 35.7 Å². The number of nitrogens with zero attached hydrogens (tertiary/aromatic N) is 1. The highest BCUT2D eigenvalue weighted by atomic mass is 32.1. The van der Waals surface area contributed by atoms with E-state index in [0.29, 0.717) is 9.88 Å². The monoisotopic (exact) mass is 391 g/mol. The lowest BCUT2D eigenvalue weighted by molar-refractivity contribution is -0.153. The fourth-order valence-electron chi connectivity index (χ4n) is 2.39. The van der Waals surface area contributed by atoms with Gasteiger partial charge in [-0.25, -0.2) is 9.78 Å². The van der Waals surface area contributed by atoms with Crippen LogP contribution in [0.3, 0.4) is 0 Å². The van der Waals surface area contributed by atoms with Crippen LogP contribution in [0.25, 0.3) is 10.6 Å². The lowest BCUT2D eigenvalue weighted by Gasteiger charge is -2.19. The molecule has 0 spiro atoms. The molecule has 0 unspecified atom stereocenters. The lowest BCUT2D eigenvalue weighted by Crippen LogP contribution is -2.37. The van der Waals surface area contributed by atoms with Crippen molar-refractivity contribution in [1.82, 2.24) is 4.98 Å². The molecule has 1 aromatic carbocycles. The maximum atomic E-state index is 12.1. The maximum Gasteiger partial charge on any atom is 0.355 e. The van der Waals surface area contributed by atoms with Crippen molar-refractivity contribution in [1.29, 1.82) is 0 Å². The first-order chi connectivity index (χ1) is 11.9. The number of hydrogen-bond acceptors (Lipinski definition) is 5. The molecule has 0 atom stereocenters. The molecule has 0 aliphatic heterocycles. The normalized spacial score (nSPS) is 12.1. The van der Waals surface area contributed by atoms with Gasteiger partial charge in [-0.1, -0.05) is 49.1 Å². The fraction of sp³-hybridized carbons (Fsp3) is 0.421. The largest absolute Gasteiger partial charge is 0.476 e. The molecule has 140 valence electrons. The number of ether oxygens (including phenoxy) is 1. The number of aromatic carboxylic acids is 1. The molecule has 2 aromatic rings. The Morgan fingerprint density at radius 3 is 2.42 bits per heavy atom. The summed E-state index contributed by atoms with van der Waals surface area (Å²) in [7, 11) is -1.49. The number of aromatic nitrogens is 1. The zero-order valence-electron chi connectivity index (χ0n) is 16.0. The first-order valence-corrected chi connectivity index (χ1v) is 12.7. The van der Waals surface area contributed by atoms with E-state index in [1.807, 2.05) is 12.1 Å². The predicted octanol–water partition coefficient (Wildman–Crippen LogP) is 3.94. The van der Waals surface area contributed by atoms with E-state index in [1.54, 1.807) is 20.8 Å². The van der Waals surface area contributed by atoms with Crippen LogP contribution in [0.2, 0.25) is 19.6 Å². The van der Waals surface area contributed by atoms with Crippen LogP contribution in [0, 0.1) is 0 Å². The van der Waals surface area contributed by atoms with Gasteiger partial charge in [-0.15, -0.1) is 11.3 Å². The van der Waals surface area contributed by atoms with Crippen LogP contribution in [0.15, 0.2) is 24.3 Å². The Balaban J connectivity index is 2.38. The molecule has 7 heteroatoms. The molecule has 5 nitrogen and oxygen atoms in total. The fourth-order valence-corrected chi connectivity index (χ4v) is 4.61. The summed E-state index contributed by atoms with van der Waals surface area (Å²) in [6.07, 6.45) is -0.0930. The van der Waals surface area contributed by atoms with Gasteiger partial charge in [-0.2, -0.15) is 0 Å². The molecule has 1 aromatic heterocycles. The highest BCUT2D eigenvalue weighted by molar-refractivity contribution is 7.15. The SMILES string of the molecule is CC(C)(C)OC(=O)Cc1sc(-c2cccc([Si](C)(C)C)c2)nc1C(=O)O. The number of hydrogen-bond donors (Lipinski definition) is 1. The summed E-state index contributed by atoms with van der Waals surface area (Å²) in [4.78, 5) is 28.4. The van der Waals surface area contributed by atoms with E-state index in [-0.39, 0.29) is 12.1 Å². The maximum absolute atomic E-state index is 12.1. The van der Waals surface area contributed by atoms with Crippen molar-refractivity contribution in [2.75, 3.05) is 0 Å². The van der Waals surface area contributed by atoms with Gasteiger partial charge in [-0.05, 0) is 20.8 Å². The molecule has 0 amide bonds. The van der Waals surface area contributed by atoms with E-state index in [1.165, 1.54) is 16.5 Å². The van der Waals surface area contributed by atoms with Crippen molar-refractivity contribution < 1.29 is 19.4 Å². The molecule has 1 N–H and O–H groups in total. The van der Waals surface area contributed by atoms with E-state index in [4.69, 9.17) is 4.74 Å². The van der Waals surface area contributed by atoms with Crippen LogP contribution in [0.5, 0.6) is 0 Å². The second kappa shape index (κ2) is 7.32. The Labute approximate surface area is 159 Å². The standard InChI is InChI=1S/C19H25NO4SSi/c1-19(2,3)24-15(21)11-14-16(18(22)23)20-17(25-14)12-8-7-9-13(10-12)26(4,5)6/h7-10H,11H2,1-6H3,(H,22,23). The minimum atomic E-state index is -1.49. The Morgan fingerprint density at radius 1 is 1.23 bits per heavy atom. The highest BCUT2D eigenvalue weighted by Gasteiger charge is 2.24. The van der Waals surface area contributed by atoms with E-state index < -0.39 is 25.6 Å². The average molecular weight is 392 g/mol. The Hall–Kier alpha value is -1.99. The van der Waals surface area contributed by atoms with Gasteiger partial charge in [-0.3, -0.25) is 4.79 Å². The van der Waals surface area contributed by atoms with Crippen LogP contribution in [0.1, 0.15) is 36.1 Å². The Bertz CT molecular complexity index is 831. The Morgan fingerprint density at radius 2 is 1.88 bits per heavy atom. The molecular weight excluding hydrogens is 366 g/mol. The van der Waals surface area contributed by atoms with Crippen molar-refractivity contribution in [3.05, 3.63) is 34.8 Å². The molecular formula is C19H25NO4SSi. The zero-order chi connectivity index (χ0) is 19.7. The van der Waals surface area contributed by atoms with Crippen molar-refractivity contribution in [2.45, 2.75) is 52.4 Å². The molecule has 0 aliphatic rings. The van der Waals surface area contributed by atoms with Gasteiger partial charge < -0.3 is 9.84 Å². The molecule has 2 rings (SSSR count). The summed E-state index contributed by atoms with van der Waals surface area (Å²) >= 11 is 1.24. The van der Waals surface area contributed by atoms with E-state index in [9.17, 15) is 14.7 Å². The van der Waals surface area contributed by atoms with E-state index in [2.05, 4.69) is 36.8 Å². The van der Waals surface area contributed by atoms with Crippen LogP contribution >= 0.6 is 11.3 Å². The van der Waals surface area contributed by atoms with E-state index >= 15 is 0 Å². The predicted molar refractivity (Wildman–Crippen MR) is 107 cm³/mol. The van der Waals surface area contributed by atoms with Crippen LogP contribution in [-0.2, 0) is 16.0 Å². The van der Waals surface area contributed by atoms with Crippen molar-refractivity contribution in [3.8, 4) is 10.6 Å². The first-order valence-electron chi connectivity index (χ1n) is 8.42. The second-order valence-electron chi connectivity index (χ2n) is 8.19. The summed E-state index contributed by atoms with van der Waals surface area (Å²) < 4.78 is 5.31. The van der Waals surface area contributed by atoms with Gasteiger partial charge >= 0.3 is 11.9 Å². The third-order valence-corrected chi connectivity index (χ3v) is 6.75. The van der Waals surface area contributed by atoms with Gasteiger partial charge in [0.25, 0.3) is 0 Å². The number of carbonyl (C=O) groups is 2. The molecule has 0 saturated carbocycles. The third-order valence-electron chi connectivity index (χ3n) is 3.60. The minimum Gasteiger partial charge on any atom is -0.476 e. The number of thiazole rings is 1. The topological polar surface area (TPSA) is 76.5 Å². The van der Waals surface area contributed by atoms with E-state index in [0.717, 1.165) is 5.56 Å². The minimum absolute atomic E-state index is 0.0748. The summed E-state index contributed by atoms with van der Waals surface area (Å²) in [6.45, 7) is 12.1. The number of esters is 1. The number of rotatable bonds is 5. The first kappa shape index (κ1) is 20.3. The molecule has 0 radical (unpaired) electrons. The smallest absolute Gasteiger partial charge is 0.355 e. The average Bonchev–Trinajstić information content (AvgIpc) is 2.88. The molecule has 0 aliphatic carbocycles. The number of carbonyl (C=O) groups excluding carboxylic acids is 1. The molecule has 26 heavy (non-hydrogen) atoms. The summed E-state index contributed by atoms with van der Waals surface area (Å²) in [5.41, 5.74) is 0.196.